The molecule has 0 atom stereocenters. The van der Waals surface area contributed by atoms with Crippen molar-refractivity contribution in [1.29, 1.82) is 0 Å². The van der Waals surface area contributed by atoms with Crippen molar-refractivity contribution in [3.05, 3.63) is 239 Å². The summed E-state index contributed by atoms with van der Waals surface area (Å²) in [4.78, 5) is 31.2. The largest absolute Gasteiger partial charge is 0.422 e. The predicted molar refractivity (Wildman–Crippen MR) is 254 cm³/mol. The van der Waals surface area contributed by atoms with Gasteiger partial charge < -0.3 is 18.6 Å². The van der Waals surface area contributed by atoms with Gasteiger partial charge in [0.25, 0.3) is 0 Å². The van der Waals surface area contributed by atoms with Crippen LogP contribution in [0.25, 0.3) is 65.7 Å². The first kappa shape index (κ1) is 36.6. The third-order valence-electron chi connectivity index (χ3n) is 11.6. The molecular formula is C56H36N2O4. The van der Waals surface area contributed by atoms with Gasteiger partial charge in [-0.2, -0.15) is 0 Å². The number of hydrogen-bond donors (Lipinski definition) is 0. The molecule has 0 spiro atoms. The zero-order valence-corrected chi connectivity index (χ0v) is 33.3. The molecule has 0 amide bonds. The van der Waals surface area contributed by atoms with Crippen LogP contribution in [0.15, 0.2) is 237 Å². The lowest BCUT2D eigenvalue weighted by Gasteiger charge is -2.28. The molecular weight excluding hydrogens is 765 g/mol. The monoisotopic (exact) mass is 800 g/mol. The van der Waals surface area contributed by atoms with Crippen molar-refractivity contribution in [2.75, 3.05) is 9.80 Å². The quantitative estimate of drug-likeness (QED) is 0.113. The smallest absolute Gasteiger partial charge is 0.344 e. The third-order valence-corrected chi connectivity index (χ3v) is 11.6. The van der Waals surface area contributed by atoms with Crippen LogP contribution in [0.2, 0.25) is 0 Å². The van der Waals surface area contributed by atoms with Crippen molar-refractivity contribution < 1.29 is 8.83 Å². The van der Waals surface area contributed by atoms with Gasteiger partial charge in [0.15, 0.2) is 0 Å². The van der Waals surface area contributed by atoms with E-state index in [2.05, 4.69) is 70.5 Å². The van der Waals surface area contributed by atoms with E-state index in [1.165, 1.54) is 0 Å². The average molecular weight is 801 g/mol. The summed E-state index contributed by atoms with van der Waals surface area (Å²) in [6.45, 7) is 0. The highest BCUT2D eigenvalue weighted by atomic mass is 16.4. The van der Waals surface area contributed by atoms with E-state index in [1.54, 1.807) is 0 Å². The summed E-state index contributed by atoms with van der Waals surface area (Å²) in [5.41, 5.74) is 8.58. The van der Waals surface area contributed by atoms with Crippen LogP contribution in [0.3, 0.4) is 0 Å². The molecule has 6 heteroatoms. The Kier molecular flexibility index (Phi) is 9.02. The van der Waals surface area contributed by atoms with Gasteiger partial charge in [0.1, 0.15) is 11.2 Å². The summed E-state index contributed by atoms with van der Waals surface area (Å²) in [6.07, 6.45) is 0. The van der Waals surface area contributed by atoms with Gasteiger partial charge in [0, 0.05) is 44.9 Å². The van der Waals surface area contributed by atoms with Crippen LogP contribution >= 0.6 is 0 Å². The van der Waals surface area contributed by atoms with Gasteiger partial charge in [0.05, 0.1) is 11.1 Å². The van der Waals surface area contributed by atoms with Crippen LogP contribution in [0, 0.1) is 0 Å². The minimum Gasteiger partial charge on any atom is -0.422 e. The number of benzene rings is 9. The van der Waals surface area contributed by atoms with Crippen LogP contribution in [-0.4, -0.2) is 0 Å². The molecule has 0 aliphatic rings. The van der Waals surface area contributed by atoms with E-state index in [9.17, 15) is 9.59 Å². The summed E-state index contributed by atoms with van der Waals surface area (Å²) in [5.74, 6) is 0. The summed E-state index contributed by atoms with van der Waals surface area (Å²) >= 11 is 0. The maximum absolute atomic E-state index is 13.4. The second kappa shape index (κ2) is 15.3. The molecule has 0 bridgehead atoms. The van der Waals surface area contributed by atoms with Crippen molar-refractivity contribution in [3.8, 4) is 22.3 Å². The second-order valence-corrected chi connectivity index (χ2v) is 15.2. The molecule has 9 aromatic carbocycles. The van der Waals surface area contributed by atoms with E-state index >= 15 is 0 Å². The number of para-hydroxylation sites is 2. The van der Waals surface area contributed by atoms with E-state index in [1.807, 2.05) is 158 Å². The van der Waals surface area contributed by atoms with Crippen molar-refractivity contribution in [1.82, 2.24) is 0 Å². The number of nitrogens with zero attached hydrogens (tertiary/aromatic N) is 2. The summed E-state index contributed by atoms with van der Waals surface area (Å²) < 4.78 is 11.7. The maximum Gasteiger partial charge on any atom is 0.344 e. The molecule has 2 aromatic heterocycles. The standard InChI is InChI=1S/C56H36N2O4/c59-55-49(35-51-47-17-9-7-11-37(47)23-33-53(51)61-55)39-19-25-43(26-20-39)58(46-31-29-45(30-32-46)57(41-13-3-1-4-14-41)42-15-5-2-6-16-42)44-27-21-40(22-28-44)50-36-52-48-18-10-8-12-38(48)24-34-54(52)62-56(50)60/h1-36H. The van der Waals surface area contributed by atoms with Gasteiger partial charge in [-0.05, 0) is 130 Å². The van der Waals surface area contributed by atoms with E-state index < -0.39 is 11.3 Å². The fourth-order valence-corrected chi connectivity index (χ4v) is 8.52. The van der Waals surface area contributed by atoms with Gasteiger partial charge >= 0.3 is 11.3 Å². The Labute approximate surface area is 356 Å². The Balaban J connectivity index is 1.01. The molecule has 0 radical (unpaired) electrons. The highest BCUT2D eigenvalue weighted by Gasteiger charge is 2.18. The van der Waals surface area contributed by atoms with E-state index in [-0.39, 0.29) is 0 Å². The zero-order valence-electron chi connectivity index (χ0n) is 33.3. The van der Waals surface area contributed by atoms with E-state index in [0.717, 1.165) is 77.6 Å². The van der Waals surface area contributed by atoms with Crippen molar-refractivity contribution in [3.63, 3.8) is 0 Å². The lowest BCUT2D eigenvalue weighted by atomic mass is 10.0. The normalized spacial score (nSPS) is 11.4. The number of rotatable bonds is 8. The second-order valence-electron chi connectivity index (χ2n) is 15.2. The third kappa shape index (κ3) is 6.57. The Hall–Kier alpha value is -8.48. The average Bonchev–Trinajstić information content (AvgIpc) is 3.33. The molecule has 6 nitrogen and oxygen atoms in total. The molecule has 0 unspecified atom stereocenters. The van der Waals surface area contributed by atoms with Gasteiger partial charge in [-0.3, -0.25) is 0 Å². The number of hydrogen-bond acceptors (Lipinski definition) is 6. The summed E-state index contributed by atoms with van der Waals surface area (Å²) in [5, 5.41) is 5.98. The van der Waals surface area contributed by atoms with Gasteiger partial charge in [-0.15, -0.1) is 0 Å². The minimum absolute atomic E-state index is 0.392. The van der Waals surface area contributed by atoms with Crippen LogP contribution in [-0.2, 0) is 0 Å². The first-order valence-corrected chi connectivity index (χ1v) is 20.5. The highest BCUT2D eigenvalue weighted by Crippen LogP contribution is 2.40. The predicted octanol–water partition coefficient (Wildman–Crippen LogP) is 14.5. The number of fused-ring (bicyclic) bond motifs is 6. The van der Waals surface area contributed by atoms with Gasteiger partial charge in [-0.1, -0.05) is 121 Å². The molecule has 0 fully saturated rings. The topological polar surface area (TPSA) is 66.9 Å². The Morgan fingerprint density at radius 3 is 1.00 bits per heavy atom. The van der Waals surface area contributed by atoms with E-state index in [0.29, 0.717) is 22.3 Å². The number of anilines is 6. The fourth-order valence-electron chi connectivity index (χ4n) is 8.52. The Morgan fingerprint density at radius 2 is 0.613 bits per heavy atom. The van der Waals surface area contributed by atoms with Gasteiger partial charge in [0.2, 0.25) is 0 Å². The highest BCUT2D eigenvalue weighted by molar-refractivity contribution is 6.07. The minimum atomic E-state index is -0.392. The fraction of sp³-hybridized carbons (Fsp3) is 0. The summed E-state index contributed by atoms with van der Waals surface area (Å²) in [7, 11) is 0. The Morgan fingerprint density at radius 1 is 0.290 bits per heavy atom. The molecule has 11 aromatic rings. The SMILES string of the molecule is O=c1oc2ccc3ccccc3c2cc1-c1ccc(N(c2ccc(-c3cc4c(ccc5ccccc54)oc3=O)cc2)c2ccc(N(c3ccccc3)c3ccccc3)cc2)cc1. The van der Waals surface area contributed by atoms with Crippen LogP contribution in [0.1, 0.15) is 0 Å². The molecule has 11 rings (SSSR count). The van der Waals surface area contributed by atoms with Gasteiger partial charge in [-0.25, -0.2) is 9.59 Å². The molecule has 0 aliphatic heterocycles. The van der Waals surface area contributed by atoms with Crippen LogP contribution in [0.4, 0.5) is 34.1 Å². The van der Waals surface area contributed by atoms with Crippen molar-refractivity contribution in [2.24, 2.45) is 0 Å². The molecule has 2 heterocycles. The lowest BCUT2D eigenvalue weighted by molar-refractivity contribution is 0.563. The van der Waals surface area contributed by atoms with Crippen LogP contribution in [0.5, 0.6) is 0 Å². The lowest BCUT2D eigenvalue weighted by Crippen LogP contribution is -2.12. The van der Waals surface area contributed by atoms with Crippen molar-refractivity contribution >= 4 is 77.6 Å². The Bertz CT molecular complexity index is 3330. The molecule has 0 saturated heterocycles. The maximum atomic E-state index is 13.4. The van der Waals surface area contributed by atoms with E-state index in [4.69, 9.17) is 8.83 Å². The molecule has 294 valence electrons. The molecule has 0 saturated carbocycles. The molecule has 0 N–H and O–H groups in total. The van der Waals surface area contributed by atoms with Crippen molar-refractivity contribution in [2.45, 2.75) is 0 Å². The van der Waals surface area contributed by atoms with Crippen LogP contribution < -0.4 is 21.1 Å². The zero-order chi connectivity index (χ0) is 41.6. The molecule has 62 heavy (non-hydrogen) atoms. The molecule has 0 aliphatic carbocycles. The first-order chi connectivity index (χ1) is 30.6. The summed E-state index contributed by atoms with van der Waals surface area (Å²) in [6, 6.07) is 72.8. The first-order valence-electron chi connectivity index (χ1n) is 20.5.